The summed E-state index contributed by atoms with van der Waals surface area (Å²) in [5.74, 6) is -0.228. The summed E-state index contributed by atoms with van der Waals surface area (Å²) in [6, 6.07) is 9.73. The van der Waals surface area contributed by atoms with Gasteiger partial charge in [-0.05, 0) is 63.4 Å². The van der Waals surface area contributed by atoms with Crippen molar-refractivity contribution >= 4 is 44.3 Å². The molecule has 0 aliphatic heterocycles. The number of nitrogens with one attached hydrogen (secondary N) is 1. The molecule has 3 rings (SSSR count). The summed E-state index contributed by atoms with van der Waals surface area (Å²) < 4.78 is 13.9. The van der Waals surface area contributed by atoms with Crippen molar-refractivity contribution in [3.63, 3.8) is 0 Å². The van der Waals surface area contributed by atoms with Crippen molar-refractivity contribution in [2.45, 2.75) is 13.5 Å². The van der Waals surface area contributed by atoms with Crippen molar-refractivity contribution in [1.29, 1.82) is 0 Å². The predicted molar refractivity (Wildman–Crippen MR) is 93.8 cm³/mol. The van der Waals surface area contributed by atoms with Gasteiger partial charge in [0.1, 0.15) is 5.82 Å². The van der Waals surface area contributed by atoms with Crippen LogP contribution in [0.15, 0.2) is 45.6 Å². The Morgan fingerprint density at radius 2 is 2.10 bits per heavy atom. The number of anilines is 1. The highest BCUT2D eigenvalue weighted by atomic mass is 79.9. The van der Waals surface area contributed by atoms with Gasteiger partial charge in [-0.3, -0.25) is 0 Å². The number of halogens is 2. The van der Waals surface area contributed by atoms with E-state index < -0.39 is 0 Å². The first kappa shape index (κ1) is 14.8. The average Bonchev–Trinajstić information content (AvgIpc) is 3.11. The third-order valence-electron chi connectivity index (χ3n) is 3.18. The van der Waals surface area contributed by atoms with Gasteiger partial charge in [-0.15, -0.1) is 22.7 Å². The molecule has 0 aliphatic rings. The van der Waals surface area contributed by atoms with E-state index in [-0.39, 0.29) is 5.82 Å². The van der Waals surface area contributed by atoms with E-state index in [0.717, 1.165) is 17.8 Å². The third kappa shape index (κ3) is 3.36. The van der Waals surface area contributed by atoms with Gasteiger partial charge >= 0.3 is 0 Å². The Kier molecular flexibility index (Phi) is 4.42. The molecule has 0 bridgehead atoms. The van der Waals surface area contributed by atoms with Crippen LogP contribution in [0.2, 0.25) is 0 Å². The zero-order chi connectivity index (χ0) is 14.8. The Morgan fingerprint density at radius 3 is 2.86 bits per heavy atom. The van der Waals surface area contributed by atoms with Gasteiger partial charge in [-0.2, -0.15) is 0 Å². The number of benzene rings is 1. The lowest BCUT2D eigenvalue weighted by Gasteiger charge is -2.09. The molecule has 0 fully saturated rings. The molecule has 0 spiro atoms. The van der Waals surface area contributed by atoms with E-state index >= 15 is 0 Å². The number of hydrogen-bond donors (Lipinski definition) is 1. The normalized spacial score (nSPS) is 10.8. The van der Waals surface area contributed by atoms with Crippen LogP contribution in [0.4, 0.5) is 10.1 Å². The van der Waals surface area contributed by atoms with Gasteiger partial charge in [0.15, 0.2) is 0 Å². The van der Waals surface area contributed by atoms with E-state index in [0.29, 0.717) is 4.47 Å². The van der Waals surface area contributed by atoms with Crippen molar-refractivity contribution in [3.05, 3.63) is 61.8 Å². The van der Waals surface area contributed by atoms with Gasteiger partial charge in [-0.1, -0.05) is 6.07 Å². The van der Waals surface area contributed by atoms with Crippen molar-refractivity contribution in [2.75, 3.05) is 5.32 Å². The maximum Gasteiger partial charge on any atom is 0.137 e. The van der Waals surface area contributed by atoms with Gasteiger partial charge in [0.2, 0.25) is 0 Å². The van der Waals surface area contributed by atoms with Crippen molar-refractivity contribution in [2.24, 2.45) is 0 Å². The van der Waals surface area contributed by atoms with Crippen LogP contribution in [0, 0.1) is 12.7 Å². The number of rotatable bonds is 4. The van der Waals surface area contributed by atoms with Crippen LogP contribution < -0.4 is 5.32 Å². The zero-order valence-electron chi connectivity index (χ0n) is 11.3. The van der Waals surface area contributed by atoms with Gasteiger partial charge in [0.05, 0.1) is 4.47 Å². The molecule has 0 atom stereocenters. The molecule has 1 N–H and O–H groups in total. The molecule has 2 heterocycles. The highest BCUT2D eigenvalue weighted by Crippen LogP contribution is 2.30. The van der Waals surface area contributed by atoms with Crippen LogP contribution in [0.25, 0.3) is 10.4 Å². The molecule has 0 unspecified atom stereocenters. The van der Waals surface area contributed by atoms with E-state index in [1.54, 1.807) is 28.7 Å². The van der Waals surface area contributed by atoms with E-state index in [1.165, 1.54) is 21.4 Å². The molecule has 0 amide bonds. The van der Waals surface area contributed by atoms with Gasteiger partial charge in [-0.25, -0.2) is 4.39 Å². The monoisotopic (exact) mass is 381 g/mol. The quantitative estimate of drug-likeness (QED) is 0.558. The van der Waals surface area contributed by atoms with Crippen molar-refractivity contribution in [3.8, 4) is 10.4 Å². The second kappa shape index (κ2) is 6.30. The molecule has 0 saturated carbocycles. The smallest absolute Gasteiger partial charge is 0.137 e. The Morgan fingerprint density at radius 1 is 1.24 bits per heavy atom. The fourth-order valence-corrected chi connectivity index (χ4v) is 4.02. The minimum atomic E-state index is -0.228. The summed E-state index contributed by atoms with van der Waals surface area (Å²) in [5.41, 5.74) is 3.13. The predicted octanol–water partition coefficient (Wildman–Crippen LogP) is 6.30. The molecule has 0 radical (unpaired) electrons. The molecule has 5 heteroatoms. The fraction of sp³-hybridized carbons (Fsp3) is 0.125. The maximum absolute atomic E-state index is 13.4. The molecule has 0 saturated heterocycles. The Bertz CT molecular complexity index is 750. The number of thiophene rings is 2. The highest BCUT2D eigenvalue weighted by molar-refractivity contribution is 9.10. The van der Waals surface area contributed by atoms with E-state index in [1.807, 2.05) is 6.92 Å². The topological polar surface area (TPSA) is 12.0 Å². The summed E-state index contributed by atoms with van der Waals surface area (Å²) in [4.78, 5) is 2.55. The average molecular weight is 382 g/mol. The second-order valence-electron chi connectivity index (χ2n) is 4.71. The lowest BCUT2D eigenvalue weighted by Crippen LogP contribution is -2.00. The molecule has 0 aliphatic carbocycles. The summed E-state index contributed by atoms with van der Waals surface area (Å²) in [7, 11) is 0. The minimum Gasteiger partial charge on any atom is -0.380 e. The van der Waals surface area contributed by atoms with E-state index in [2.05, 4.69) is 50.2 Å². The molecule has 21 heavy (non-hydrogen) atoms. The summed E-state index contributed by atoms with van der Waals surface area (Å²) in [5, 5.41) is 7.64. The lowest BCUT2D eigenvalue weighted by molar-refractivity contribution is 0.620. The van der Waals surface area contributed by atoms with Crippen molar-refractivity contribution in [1.82, 2.24) is 0 Å². The first-order chi connectivity index (χ1) is 10.1. The molecule has 2 aromatic heterocycles. The first-order valence-electron chi connectivity index (χ1n) is 6.44. The zero-order valence-corrected chi connectivity index (χ0v) is 14.5. The van der Waals surface area contributed by atoms with Crippen LogP contribution in [0.1, 0.15) is 10.4 Å². The van der Waals surface area contributed by atoms with Crippen LogP contribution in [-0.4, -0.2) is 0 Å². The Hall–Kier alpha value is -1.17. The van der Waals surface area contributed by atoms with Crippen LogP contribution in [-0.2, 0) is 6.54 Å². The number of hydrogen-bond acceptors (Lipinski definition) is 3. The van der Waals surface area contributed by atoms with Gasteiger partial charge < -0.3 is 5.32 Å². The summed E-state index contributed by atoms with van der Waals surface area (Å²) >= 11 is 6.71. The van der Waals surface area contributed by atoms with E-state index in [9.17, 15) is 4.39 Å². The third-order valence-corrected chi connectivity index (χ3v) is 5.64. The van der Waals surface area contributed by atoms with Gasteiger partial charge in [0, 0.05) is 27.5 Å². The highest BCUT2D eigenvalue weighted by Gasteiger charge is 2.07. The minimum absolute atomic E-state index is 0.228. The first-order valence-corrected chi connectivity index (χ1v) is 8.99. The molecule has 3 aromatic rings. The molecular weight excluding hydrogens is 369 g/mol. The van der Waals surface area contributed by atoms with E-state index in [4.69, 9.17) is 0 Å². The molecular formula is C16H13BrFNS2. The SMILES string of the molecule is Cc1cc(F)c(Br)cc1NCc1cc(-c2cccs2)cs1. The molecule has 1 nitrogen and oxygen atoms in total. The summed E-state index contributed by atoms with van der Waals surface area (Å²) in [6.45, 7) is 2.65. The summed E-state index contributed by atoms with van der Waals surface area (Å²) in [6.07, 6.45) is 0. The lowest BCUT2D eigenvalue weighted by atomic mass is 10.2. The fourth-order valence-electron chi connectivity index (χ4n) is 2.06. The van der Waals surface area contributed by atoms with Crippen molar-refractivity contribution < 1.29 is 4.39 Å². The van der Waals surface area contributed by atoms with Crippen LogP contribution in [0.3, 0.4) is 0 Å². The Labute approximate surface area is 139 Å². The molecule has 1 aromatic carbocycles. The maximum atomic E-state index is 13.4. The second-order valence-corrected chi connectivity index (χ2v) is 7.51. The van der Waals surface area contributed by atoms with Crippen LogP contribution in [0.5, 0.6) is 0 Å². The van der Waals surface area contributed by atoms with Crippen LogP contribution >= 0.6 is 38.6 Å². The standard InChI is InChI=1S/C16H13BrFNS2/c1-10-5-14(18)13(17)7-15(10)19-8-12-6-11(9-21-12)16-3-2-4-20-16/h2-7,9,19H,8H2,1H3. The largest absolute Gasteiger partial charge is 0.380 e. The Balaban J connectivity index is 1.72. The van der Waals surface area contributed by atoms with Gasteiger partial charge in [0.25, 0.3) is 0 Å². The molecule has 108 valence electrons. The number of aryl methyl sites for hydroxylation is 1.